The van der Waals surface area contributed by atoms with Gasteiger partial charge in [0, 0.05) is 11.5 Å². The summed E-state index contributed by atoms with van der Waals surface area (Å²) in [6.45, 7) is 6.22. The van der Waals surface area contributed by atoms with Gasteiger partial charge in [0.2, 0.25) is 0 Å². The molecule has 0 aromatic heterocycles. The van der Waals surface area contributed by atoms with Gasteiger partial charge in [-0.2, -0.15) is 0 Å². The van der Waals surface area contributed by atoms with E-state index in [1.807, 2.05) is 13.8 Å². The minimum absolute atomic E-state index is 0.186. The van der Waals surface area contributed by atoms with Crippen molar-refractivity contribution in [3.63, 3.8) is 0 Å². The van der Waals surface area contributed by atoms with Gasteiger partial charge in [-0.25, -0.2) is 0 Å². The third-order valence-electron chi connectivity index (χ3n) is 3.03. The molecule has 1 rings (SSSR count). The van der Waals surface area contributed by atoms with E-state index in [4.69, 9.17) is 5.73 Å². The first kappa shape index (κ1) is 10.0. The SMILES string of the molecule is C[C@@H]1CC[C@@H](C(C)(C)N)[C@H](O)C1. The predicted molar refractivity (Wildman–Crippen MR) is 50.8 cm³/mol. The lowest BCUT2D eigenvalue weighted by Gasteiger charge is -2.39. The van der Waals surface area contributed by atoms with Crippen molar-refractivity contribution in [3.05, 3.63) is 0 Å². The Morgan fingerprint density at radius 3 is 2.33 bits per heavy atom. The summed E-state index contributed by atoms with van der Waals surface area (Å²) in [5.41, 5.74) is 5.76. The maximum Gasteiger partial charge on any atom is 0.0588 e. The summed E-state index contributed by atoms with van der Waals surface area (Å²) in [7, 11) is 0. The summed E-state index contributed by atoms with van der Waals surface area (Å²) in [6.07, 6.45) is 3.02. The van der Waals surface area contributed by atoms with E-state index in [2.05, 4.69) is 6.92 Å². The number of aliphatic hydroxyl groups excluding tert-OH is 1. The Balaban J connectivity index is 2.57. The highest BCUT2D eigenvalue weighted by Gasteiger charge is 2.35. The van der Waals surface area contributed by atoms with E-state index in [1.165, 1.54) is 6.42 Å². The van der Waals surface area contributed by atoms with Crippen LogP contribution in [0.1, 0.15) is 40.0 Å². The summed E-state index contributed by atoms with van der Waals surface area (Å²) < 4.78 is 0. The molecule has 1 fully saturated rings. The normalized spacial score (nSPS) is 38.2. The van der Waals surface area contributed by atoms with Crippen molar-refractivity contribution in [1.29, 1.82) is 0 Å². The van der Waals surface area contributed by atoms with E-state index < -0.39 is 0 Å². The van der Waals surface area contributed by atoms with Crippen LogP contribution < -0.4 is 5.73 Å². The molecule has 0 spiro atoms. The molecule has 0 bridgehead atoms. The molecule has 3 N–H and O–H groups in total. The molecule has 72 valence electrons. The first-order valence-corrected chi connectivity index (χ1v) is 4.88. The van der Waals surface area contributed by atoms with E-state index in [0.29, 0.717) is 5.92 Å². The molecule has 1 aliphatic carbocycles. The second-order valence-corrected chi connectivity index (χ2v) is 4.91. The van der Waals surface area contributed by atoms with Gasteiger partial charge < -0.3 is 10.8 Å². The third kappa shape index (κ3) is 2.20. The van der Waals surface area contributed by atoms with E-state index in [0.717, 1.165) is 12.8 Å². The Labute approximate surface area is 75.2 Å². The molecule has 0 amide bonds. The van der Waals surface area contributed by atoms with Gasteiger partial charge in [0.1, 0.15) is 0 Å². The zero-order valence-corrected chi connectivity index (χ0v) is 8.38. The van der Waals surface area contributed by atoms with E-state index in [9.17, 15) is 5.11 Å². The fraction of sp³-hybridized carbons (Fsp3) is 1.00. The molecule has 0 unspecified atom stereocenters. The zero-order valence-electron chi connectivity index (χ0n) is 8.38. The Kier molecular flexibility index (Phi) is 2.79. The van der Waals surface area contributed by atoms with Crippen LogP contribution in [-0.2, 0) is 0 Å². The van der Waals surface area contributed by atoms with E-state index in [1.54, 1.807) is 0 Å². The van der Waals surface area contributed by atoms with Gasteiger partial charge in [-0.15, -0.1) is 0 Å². The average molecular weight is 171 g/mol. The molecule has 2 nitrogen and oxygen atoms in total. The van der Waals surface area contributed by atoms with Crippen LogP contribution in [0, 0.1) is 11.8 Å². The number of hydrogen-bond acceptors (Lipinski definition) is 2. The monoisotopic (exact) mass is 171 g/mol. The highest BCUT2D eigenvalue weighted by molar-refractivity contribution is 4.90. The Morgan fingerprint density at radius 2 is 1.92 bits per heavy atom. The minimum atomic E-state index is -0.223. The maximum absolute atomic E-state index is 9.79. The van der Waals surface area contributed by atoms with Crippen molar-refractivity contribution in [2.75, 3.05) is 0 Å². The van der Waals surface area contributed by atoms with Crippen LogP contribution in [-0.4, -0.2) is 16.7 Å². The van der Waals surface area contributed by atoms with Crippen LogP contribution in [0.5, 0.6) is 0 Å². The molecule has 2 heteroatoms. The largest absolute Gasteiger partial charge is 0.393 e. The number of hydrogen-bond donors (Lipinski definition) is 2. The molecule has 0 aromatic rings. The quantitative estimate of drug-likeness (QED) is 0.628. The molecular formula is C10H21NO. The molecule has 3 atom stereocenters. The van der Waals surface area contributed by atoms with Crippen LogP contribution in [0.15, 0.2) is 0 Å². The molecule has 1 saturated carbocycles. The molecule has 1 aliphatic rings. The van der Waals surface area contributed by atoms with Crippen LogP contribution in [0.25, 0.3) is 0 Å². The maximum atomic E-state index is 9.79. The Hall–Kier alpha value is -0.0800. The van der Waals surface area contributed by atoms with Crippen molar-refractivity contribution < 1.29 is 5.11 Å². The van der Waals surface area contributed by atoms with Crippen LogP contribution in [0.4, 0.5) is 0 Å². The summed E-state index contributed by atoms with van der Waals surface area (Å²) in [5, 5.41) is 9.79. The number of nitrogens with two attached hydrogens (primary N) is 1. The third-order valence-corrected chi connectivity index (χ3v) is 3.03. The van der Waals surface area contributed by atoms with Gasteiger partial charge in [-0.3, -0.25) is 0 Å². The van der Waals surface area contributed by atoms with Crippen molar-refractivity contribution >= 4 is 0 Å². The van der Waals surface area contributed by atoms with Crippen molar-refractivity contribution in [2.45, 2.75) is 51.7 Å². The number of aliphatic hydroxyl groups is 1. The molecule has 0 radical (unpaired) electrons. The van der Waals surface area contributed by atoms with Crippen molar-refractivity contribution in [1.82, 2.24) is 0 Å². The smallest absolute Gasteiger partial charge is 0.0588 e. The fourth-order valence-corrected chi connectivity index (χ4v) is 2.22. The van der Waals surface area contributed by atoms with Crippen LogP contribution in [0.3, 0.4) is 0 Å². The molecule has 0 heterocycles. The molecule has 12 heavy (non-hydrogen) atoms. The number of rotatable bonds is 1. The molecule has 0 saturated heterocycles. The van der Waals surface area contributed by atoms with Crippen molar-refractivity contribution in [2.24, 2.45) is 17.6 Å². The zero-order chi connectivity index (χ0) is 9.35. The average Bonchev–Trinajstić information content (AvgIpc) is 1.83. The molecule has 0 aromatic carbocycles. The van der Waals surface area contributed by atoms with Gasteiger partial charge in [0.05, 0.1) is 6.10 Å². The van der Waals surface area contributed by atoms with Gasteiger partial charge in [-0.05, 0) is 32.6 Å². The van der Waals surface area contributed by atoms with Gasteiger partial charge in [-0.1, -0.05) is 13.3 Å². The minimum Gasteiger partial charge on any atom is -0.393 e. The fourth-order valence-electron chi connectivity index (χ4n) is 2.22. The lowest BCUT2D eigenvalue weighted by molar-refractivity contribution is 0.0171. The molecule has 0 aliphatic heterocycles. The summed E-state index contributed by atoms with van der Waals surface area (Å²) in [4.78, 5) is 0. The van der Waals surface area contributed by atoms with Crippen LogP contribution in [0.2, 0.25) is 0 Å². The van der Waals surface area contributed by atoms with E-state index in [-0.39, 0.29) is 17.6 Å². The summed E-state index contributed by atoms with van der Waals surface area (Å²) in [6, 6.07) is 0. The van der Waals surface area contributed by atoms with Crippen molar-refractivity contribution in [3.8, 4) is 0 Å². The highest BCUT2D eigenvalue weighted by Crippen LogP contribution is 2.34. The lowest BCUT2D eigenvalue weighted by atomic mass is 9.72. The van der Waals surface area contributed by atoms with Crippen LogP contribution >= 0.6 is 0 Å². The predicted octanol–water partition coefficient (Wildman–Crippen LogP) is 1.52. The first-order chi connectivity index (χ1) is 5.41. The Bertz CT molecular complexity index is 150. The first-order valence-electron chi connectivity index (χ1n) is 4.88. The highest BCUT2D eigenvalue weighted by atomic mass is 16.3. The summed E-state index contributed by atoms with van der Waals surface area (Å²) in [5.74, 6) is 0.951. The van der Waals surface area contributed by atoms with Gasteiger partial charge >= 0.3 is 0 Å². The second-order valence-electron chi connectivity index (χ2n) is 4.91. The van der Waals surface area contributed by atoms with Gasteiger partial charge in [0.25, 0.3) is 0 Å². The van der Waals surface area contributed by atoms with E-state index >= 15 is 0 Å². The standard InChI is InChI=1S/C10H21NO/c1-7-4-5-8(9(12)6-7)10(2,3)11/h7-9,12H,4-6,11H2,1-3H3/t7-,8-,9-/m1/s1. The van der Waals surface area contributed by atoms with Gasteiger partial charge in [0.15, 0.2) is 0 Å². The molecular weight excluding hydrogens is 150 g/mol. The summed E-state index contributed by atoms with van der Waals surface area (Å²) >= 11 is 0. The second kappa shape index (κ2) is 3.35. The Morgan fingerprint density at radius 1 is 1.33 bits per heavy atom. The lowest BCUT2D eigenvalue weighted by Crippen LogP contribution is -2.48. The topological polar surface area (TPSA) is 46.2 Å².